The molecule has 172 valence electrons. The number of piperazine rings is 1. The van der Waals surface area contributed by atoms with Gasteiger partial charge in [0.2, 0.25) is 0 Å². The number of urea groups is 1. The van der Waals surface area contributed by atoms with Crippen LogP contribution in [0.2, 0.25) is 0 Å². The molecule has 0 unspecified atom stereocenters. The zero-order valence-electron chi connectivity index (χ0n) is 18.2. The summed E-state index contributed by atoms with van der Waals surface area (Å²) < 4.78 is 29.3. The largest absolute Gasteiger partial charge is 0.333 e. The van der Waals surface area contributed by atoms with Crippen molar-refractivity contribution in [1.82, 2.24) is 13.9 Å². The highest BCUT2D eigenvalue weighted by Gasteiger charge is 2.30. The number of carbonyl (C=O) groups excluding carboxylic acids is 1. The van der Waals surface area contributed by atoms with Crippen LogP contribution in [0.3, 0.4) is 0 Å². The van der Waals surface area contributed by atoms with Gasteiger partial charge in [-0.3, -0.25) is 0 Å². The highest BCUT2D eigenvalue weighted by Crippen LogP contribution is 2.38. The van der Waals surface area contributed by atoms with Gasteiger partial charge in [-0.2, -0.15) is 12.7 Å². The molecule has 1 aromatic heterocycles. The van der Waals surface area contributed by atoms with Gasteiger partial charge >= 0.3 is 16.2 Å². The normalized spacial score (nSPS) is 19.0. The fraction of sp³-hybridized carbons (Fsp3) is 0.522. The molecule has 9 heteroatoms. The fourth-order valence-electron chi connectivity index (χ4n) is 5.20. The monoisotopic (exact) mass is 474 g/mol. The van der Waals surface area contributed by atoms with Crippen molar-refractivity contribution >= 4 is 33.3 Å². The van der Waals surface area contributed by atoms with Crippen molar-refractivity contribution in [2.75, 3.05) is 38.0 Å². The molecule has 0 bridgehead atoms. The van der Waals surface area contributed by atoms with Crippen molar-refractivity contribution in [3.8, 4) is 0 Å². The van der Waals surface area contributed by atoms with Gasteiger partial charge in [-0.25, -0.2) is 9.52 Å². The molecule has 7 nitrogen and oxygen atoms in total. The van der Waals surface area contributed by atoms with Gasteiger partial charge in [0.15, 0.2) is 0 Å². The summed E-state index contributed by atoms with van der Waals surface area (Å²) in [4.78, 5) is 16.4. The van der Waals surface area contributed by atoms with E-state index in [0.29, 0.717) is 26.2 Å². The third kappa shape index (κ3) is 4.57. The van der Waals surface area contributed by atoms with E-state index in [-0.39, 0.29) is 0 Å². The predicted octanol–water partition coefficient (Wildman–Crippen LogP) is 2.95. The lowest BCUT2D eigenvalue weighted by molar-refractivity contribution is 0.189. The summed E-state index contributed by atoms with van der Waals surface area (Å²) >= 11 is 1.75. The molecule has 1 fully saturated rings. The number of hydrogen-bond donors (Lipinski definition) is 2. The standard InChI is InChI=1S/C23H30N4O3S2/c28-23(24-22-20-7-1-4-17(20)16-18-5-2-8-21(18)22)25-32(29,30)27-13-11-26(12-14-27)10-9-19-6-3-15-31-19/h3,6,15-16H,1-2,4-5,7-14H2,(H2,24,25,28). The minimum atomic E-state index is -3.87. The van der Waals surface area contributed by atoms with Gasteiger partial charge in [-0.1, -0.05) is 12.1 Å². The molecule has 2 aromatic rings. The summed E-state index contributed by atoms with van der Waals surface area (Å²) in [7, 11) is -3.87. The van der Waals surface area contributed by atoms with E-state index < -0.39 is 16.2 Å². The molecule has 0 saturated carbocycles. The van der Waals surface area contributed by atoms with E-state index >= 15 is 0 Å². The first-order valence-electron chi connectivity index (χ1n) is 11.5. The van der Waals surface area contributed by atoms with Crippen LogP contribution in [0.5, 0.6) is 0 Å². The Labute approximate surface area is 194 Å². The Morgan fingerprint density at radius 3 is 2.31 bits per heavy atom. The second-order valence-corrected chi connectivity index (χ2v) is 11.6. The fourth-order valence-corrected chi connectivity index (χ4v) is 6.96. The van der Waals surface area contributed by atoms with Gasteiger partial charge in [0.05, 0.1) is 0 Å². The maximum absolute atomic E-state index is 12.8. The highest BCUT2D eigenvalue weighted by molar-refractivity contribution is 7.87. The zero-order chi connectivity index (χ0) is 22.1. The van der Waals surface area contributed by atoms with Crippen LogP contribution < -0.4 is 10.0 Å². The van der Waals surface area contributed by atoms with Crippen LogP contribution in [0.4, 0.5) is 10.5 Å². The SMILES string of the molecule is O=C(Nc1c2c(cc3c1CCC3)CCC2)NS(=O)(=O)N1CCN(CCc2cccs2)CC1. The number of rotatable bonds is 6. The molecule has 3 aliphatic rings. The first-order valence-corrected chi connectivity index (χ1v) is 13.8. The molecule has 1 aliphatic heterocycles. The Morgan fingerprint density at radius 2 is 1.69 bits per heavy atom. The van der Waals surface area contributed by atoms with Gasteiger partial charge in [0.1, 0.15) is 0 Å². The van der Waals surface area contributed by atoms with Crippen molar-refractivity contribution in [1.29, 1.82) is 0 Å². The number of amides is 2. The minimum Gasteiger partial charge on any atom is -0.307 e. The van der Waals surface area contributed by atoms with Crippen molar-refractivity contribution < 1.29 is 13.2 Å². The van der Waals surface area contributed by atoms with Crippen LogP contribution in [0.1, 0.15) is 40.0 Å². The van der Waals surface area contributed by atoms with Crippen molar-refractivity contribution in [2.24, 2.45) is 0 Å². The Bertz CT molecular complexity index is 1060. The number of fused-ring (bicyclic) bond motifs is 2. The van der Waals surface area contributed by atoms with Gasteiger partial charge in [0.25, 0.3) is 0 Å². The van der Waals surface area contributed by atoms with E-state index in [1.807, 2.05) is 0 Å². The van der Waals surface area contributed by atoms with E-state index in [4.69, 9.17) is 0 Å². The van der Waals surface area contributed by atoms with Gasteiger partial charge in [0, 0.05) is 43.3 Å². The summed E-state index contributed by atoms with van der Waals surface area (Å²) in [5.74, 6) is 0. The van der Waals surface area contributed by atoms with Gasteiger partial charge in [-0.05, 0) is 78.6 Å². The summed E-state index contributed by atoms with van der Waals surface area (Å²) in [6.07, 6.45) is 7.11. The average molecular weight is 475 g/mol. The molecule has 1 aromatic carbocycles. The van der Waals surface area contributed by atoms with Crippen LogP contribution >= 0.6 is 11.3 Å². The first-order chi connectivity index (χ1) is 15.5. The minimum absolute atomic E-state index is 0.392. The average Bonchev–Trinajstić information content (AvgIpc) is 3.53. The second-order valence-electron chi connectivity index (χ2n) is 8.87. The van der Waals surface area contributed by atoms with Crippen LogP contribution in [0.15, 0.2) is 23.6 Å². The lowest BCUT2D eigenvalue weighted by Gasteiger charge is -2.33. The van der Waals surface area contributed by atoms with Crippen molar-refractivity contribution in [3.63, 3.8) is 0 Å². The Morgan fingerprint density at radius 1 is 1.00 bits per heavy atom. The van der Waals surface area contributed by atoms with E-state index in [1.165, 1.54) is 31.4 Å². The third-order valence-corrected chi connectivity index (χ3v) is 9.28. The molecule has 32 heavy (non-hydrogen) atoms. The number of aryl methyl sites for hydroxylation is 2. The van der Waals surface area contributed by atoms with Crippen LogP contribution in [-0.2, 0) is 42.3 Å². The lowest BCUT2D eigenvalue weighted by Crippen LogP contribution is -2.53. The molecule has 2 aliphatic carbocycles. The van der Waals surface area contributed by atoms with Crippen molar-refractivity contribution in [3.05, 3.63) is 50.7 Å². The molecular formula is C23H30N4O3S2. The zero-order valence-corrected chi connectivity index (χ0v) is 19.9. The summed E-state index contributed by atoms with van der Waals surface area (Å²) in [5, 5.41) is 5.00. The number of nitrogens with zero attached hydrogens (tertiary/aromatic N) is 2. The van der Waals surface area contributed by atoms with E-state index in [9.17, 15) is 13.2 Å². The molecule has 0 radical (unpaired) electrons. The van der Waals surface area contributed by atoms with Crippen molar-refractivity contribution in [2.45, 2.75) is 44.9 Å². The topological polar surface area (TPSA) is 81.8 Å². The predicted molar refractivity (Wildman–Crippen MR) is 128 cm³/mol. The molecule has 2 N–H and O–H groups in total. The first kappa shape index (κ1) is 21.9. The number of anilines is 1. The maximum atomic E-state index is 12.8. The summed E-state index contributed by atoms with van der Waals surface area (Å²) in [5.41, 5.74) is 5.86. The van der Waals surface area contributed by atoms with E-state index in [2.05, 4.69) is 38.5 Å². The van der Waals surface area contributed by atoms with Crippen LogP contribution in [0.25, 0.3) is 0 Å². The molecule has 5 rings (SSSR count). The number of benzene rings is 1. The Balaban J connectivity index is 1.18. The Hall–Kier alpha value is -1.94. The smallest absolute Gasteiger partial charge is 0.307 e. The number of nitrogens with one attached hydrogen (secondary N) is 2. The molecule has 0 atom stereocenters. The molecular weight excluding hydrogens is 444 g/mol. The van der Waals surface area contributed by atoms with Crippen LogP contribution in [0, 0.1) is 0 Å². The maximum Gasteiger partial charge on any atom is 0.333 e. The summed E-state index contributed by atoms with van der Waals surface area (Å²) in [6.45, 7) is 3.06. The number of thiophene rings is 1. The second kappa shape index (κ2) is 9.13. The molecule has 0 spiro atoms. The summed E-state index contributed by atoms with van der Waals surface area (Å²) in [6, 6.07) is 5.83. The highest BCUT2D eigenvalue weighted by atomic mass is 32.2. The molecule has 2 amide bonds. The van der Waals surface area contributed by atoms with Gasteiger partial charge < -0.3 is 10.2 Å². The van der Waals surface area contributed by atoms with E-state index in [0.717, 1.165) is 57.2 Å². The quantitative estimate of drug-likeness (QED) is 0.675. The molecule has 1 saturated heterocycles. The lowest BCUT2D eigenvalue weighted by atomic mass is 9.99. The van der Waals surface area contributed by atoms with E-state index in [1.54, 1.807) is 11.3 Å². The number of carbonyl (C=O) groups is 1. The van der Waals surface area contributed by atoms with Gasteiger partial charge in [-0.15, -0.1) is 11.3 Å². The molecule has 2 heterocycles. The number of hydrogen-bond acceptors (Lipinski definition) is 5. The third-order valence-electron chi connectivity index (χ3n) is 6.86. The Kier molecular flexibility index (Phi) is 6.24. The van der Waals surface area contributed by atoms with Crippen LogP contribution in [-0.4, -0.2) is 56.4 Å².